The van der Waals surface area contributed by atoms with Gasteiger partial charge in [0.05, 0.1) is 5.41 Å². The van der Waals surface area contributed by atoms with Crippen LogP contribution >= 0.6 is 0 Å². The highest BCUT2D eigenvalue weighted by Crippen LogP contribution is 2.65. The van der Waals surface area contributed by atoms with Crippen molar-refractivity contribution in [2.24, 2.45) is 0 Å². The van der Waals surface area contributed by atoms with Crippen LogP contribution in [0.2, 0.25) is 0 Å². The lowest BCUT2D eigenvalue weighted by Gasteiger charge is -2.32. The van der Waals surface area contributed by atoms with Crippen molar-refractivity contribution in [2.75, 3.05) is 4.90 Å². The van der Waals surface area contributed by atoms with E-state index in [0.717, 1.165) is 39.0 Å². The molecule has 9 aromatic carbocycles. The van der Waals surface area contributed by atoms with Gasteiger partial charge in [0.25, 0.3) is 0 Å². The van der Waals surface area contributed by atoms with Crippen LogP contribution in [0.25, 0.3) is 66.4 Å². The van der Waals surface area contributed by atoms with Crippen molar-refractivity contribution in [3.63, 3.8) is 0 Å². The van der Waals surface area contributed by atoms with Gasteiger partial charge in [0.15, 0.2) is 0 Å². The number of nitrogens with zero attached hydrogens (tertiary/aromatic N) is 1. The van der Waals surface area contributed by atoms with Crippen molar-refractivity contribution in [1.29, 1.82) is 0 Å². The van der Waals surface area contributed by atoms with Crippen LogP contribution in [-0.4, -0.2) is 0 Å². The van der Waals surface area contributed by atoms with Gasteiger partial charge in [-0.25, -0.2) is 0 Å². The van der Waals surface area contributed by atoms with Gasteiger partial charge in [0.1, 0.15) is 11.2 Å². The Morgan fingerprint density at radius 3 is 1.67 bits per heavy atom. The summed E-state index contributed by atoms with van der Waals surface area (Å²) in [5.74, 6) is 0. The van der Waals surface area contributed by atoms with Crippen LogP contribution in [0.1, 0.15) is 22.3 Å². The quantitative estimate of drug-likeness (QED) is 0.176. The molecule has 12 rings (SSSR count). The third-order valence-corrected chi connectivity index (χ3v) is 12.3. The summed E-state index contributed by atoms with van der Waals surface area (Å²) in [4.78, 5) is 2.39. The molecule has 57 heavy (non-hydrogen) atoms. The number of benzene rings is 9. The van der Waals surface area contributed by atoms with Crippen LogP contribution in [0.5, 0.6) is 0 Å². The van der Waals surface area contributed by atoms with E-state index in [4.69, 9.17) is 4.42 Å². The number of anilines is 3. The van der Waals surface area contributed by atoms with Crippen molar-refractivity contribution < 1.29 is 4.42 Å². The van der Waals surface area contributed by atoms with Gasteiger partial charge in [-0.1, -0.05) is 164 Å². The molecule has 0 aliphatic heterocycles. The molecule has 2 aliphatic carbocycles. The fourth-order valence-corrected chi connectivity index (χ4v) is 9.84. The topological polar surface area (TPSA) is 16.4 Å². The van der Waals surface area contributed by atoms with E-state index >= 15 is 0 Å². The molecule has 2 aliphatic rings. The van der Waals surface area contributed by atoms with Gasteiger partial charge in [-0.3, -0.25) is 0 Å². The van der Waals surface area contributed by atoms with E-state index in [2.05, 4.69) is 217 Å². The summed E-state index contributed by atoms with van der Waals surface area (Å²) < 4.78 is 6.83. The summed E-state index contributed by atoms with van der Waals surface area (Å²) in [5.41, 5.74) is 19.5. The van der Waals surface area contributed by atoms with Crippen molar-refractivity contribution in [2.45, 2.75) is 5.41 Å². The van der Waals surface area contributed by atoms with Crippen LogP contribution in [0.3, 0.4) is 0 Å². The maximum atomic E-state index is 6.83. The number of para-hydroxylation sites is 2. The molecule has 1 spiro atoms. The second kappa shape index (κ2) is 12.3. The lowest BCUT2D eigenvalue weighted by Crippen LogP contribution is -2.26. The highest BCUT2D eigenvalue weighted by Gasteiger charge is 2.53. The molecule has 0 N–H and O–H groups in total. The molecule has 0 saturated carbocycles. The van der Waals surface area contributed by atoms with E-state index in [-0.39, 0.29) is 0 Å². The number of rotatable bonds is 5. The third kappa shape index (κ3) is 4.59. The number of furan rings is 1. The number of hydrogen-bond donors (Lipinski definition) is 0. The number of fused-ring (bicyclic) bond motifs is 14. The molecule has 1 aromatic heterocycles. The average Bonchev–Trinajstić information content (AvgIpc) is 3.91. The predicted octanol–water partition coefficient (Wildman–Crippen LogP) is 14.7. The molecule has 10 aromatic rings. The summed E-state index contributed by atoms with van der Waals surface area (Å²) in [6.45, 7) is 0. The molecular formula is C55H35NO. The van der Waals surface area contributed by atoms with Gasteiger partial charge in [0, 0.05) is 33.4 Å². The van der Waals surface area contributed by atoms with Gasteiger partial charge in [-0.15, -0.1) is 0 Å². The fourth-order valence-electron chi connectivity index (χ4n) is 9.84. The second-order valence-corrected chi connectivity index (χ2v) is 15.2. The van der Waals surface area contributed by atoms with Gasteiger partial charge < -0.3 is 9.32 Å². The Morgan fingerprint density at radius 1 is 0.333 bits per heavy atom. The molecule has 1 heterocycles. The molecule has 0 saturated heterocycles. The molecule has 2 nitrogen and oxygen atoms in total. The molecule has 0 bridgehead atoms. The Bertz CT molecular complexity index is 3160. The normalized spacial score (nSPS) is 14.7. The summed E-state index contributed by atoms with van der Waals surface area (Å²) in [5, 5.41) is 2.29. The van der Waals surface area contributed by atoms with Crippen LogP contribution in [0.4, 0.5) is 17.1 Å². The Labute approximate surface area is 331 Å². The highest BCUT2D eigenvalue weighted by molar-refractivity contribution is 6.13. The van der Waals surface area contributed by atoms with Crippen LogP contribution in [-0.2, 0) is 5.41 Å². The van der Waals surface area contributed by atoms with Gasteiger partial charge in [0.2, 0.25) is 0 Å². The van der Waals surface area contributed by atoms with E-state index in [1.807, 2.05) is 0 Å². The Balaban J connectivity index is 1.14. The van der Waals surface area contributed by atoms with Crippen molar-refractivity contribution in [3.8, 4) is 44.5 Å². The Hall–Kier alpha value is -7.42. The van der Waals surface area contributed by atoms with Gasteiger partial charge >= 0.3 is 0 Å². The second-order valence-electron chi connectivity index (χ2n) is 15.2. The predicted molar refractivity (Wildman–Crippen MR) is 236 cm³/mol. The zero-order valence-electron chi connectivity index (χ0n) is 31.1. The summed E-state index contributed by atoms with van der Waals surface area (Å²) >= 11 is 0. The minimum absolute atomic E-state index is 0.579. The standard InChI is InChI=1S/C55H35NO/c1-4-14-36(15-5-1)38-24-27-41(28-25-38)56(40-18-8-3-9-19-40)42-29-31-44-43-30-26-39(37-16-6-2-7-17-37)34-50(43)55(51(44)35-42)48-22-12-10-21-47(48)53-49(55)33-32-46-45-20-11-13-23-52(45)57-54(46)53/h1-35H. The third-order valence-electron chi connectivity index (χ3n) is 12.3. The molecule has 0 fully saturated rings. The van der Waals surface area contributed by atoms with Crippen molar-refractivity contribution in [1.82, 2.24) is 0 Å². The minimum atomic E-state index is -0.579. The monoisotopic (exact) mass is 725 g/mol. The van der Waals surface area contributed by atoms with Crippen LogP contribution in [0, 0.1) is 0 Å². The first-order valence-corrected chi connectivity index (χ1v) is 19.7. The zero-order valence-corrected chi connectivity index (χ0v) is 31.1. The minimum Gasteiger partial charge on any atom is -0.455 e. The lowest BCUT2D eigenvalue weighted by molar-refractivity contribution is 0.669. The largest absolute Gasteiger partial charge is 0.455 e. The van der Waals surface area contributed by atoms with E-state index in [1.54, 1.807) is 0 Å². The SMILES string of the molecule is c1ccc(-c2ccc(N(c3ccccc3)c3ccc4c(c3)C3(c5cc(-c6ccccc6)ccc5-4)c4ccccc4-c4c3ccc3c4oc4ccccc43)cc2)cc1. The smallest absolute Gasteiger partial charge is 0.143 e. The van der Waals surface area contributed by atoms with Gasteiger partial charge in [-0.05, 0) is 110 Å². The first kappa shape index (κ1) is 31.9. The molecule has 2 heteroatoms. The van der Waals surface area contributed by atoms with E-state index in [0.29, 0.717) is 0 Å². The number of hydrogen-bond acceptors (Lipinski definition) is 2. The summed E-state index contributed by atoms with van der Waals surface area (Å²) in [7, 11) is 0. The van der Waals surface area contributed by atoms with E-state index < -0.39 is 5.41 Å². The van der Waals surface area contributed by atoms with Crippen molar-refractivity contribution >= 4 is 39.0 Å². The Kier molecular flexibility index (Phi) is 6.88. The van der Waals surface area contributed by atoms with Gasteiger partial charge in [-0.2, -0.15) is 0 Å². The molecule has 1 unspecified atom stereocenters. The molecular weight excluding hydrogens is 691 g/mol. The maximum absolute atomic E-state index is 6.83. The Morgan fingerprint density at radius 2 is 0.895 bits per heavy atom. The van der Waals surface area contributed by atoms with E-state index in [9.17, 15) is 0 Å². The molecule has 0 amide bonds. The van der Waals surface area contributed by atoms with Crippen LogP contribution < -0.4 is 4.90 Å². The summed E-state index contributed by atoms with van der Waals surface area (Å²) in [6.07, 6.45) is 0. The maximum Gasteiger partial charge on any atom is 0.143 e. The first-order chi connectivity index (χ1) is 28.3. The van der Waals surface area contributed by atoms with E-state index in [1.165, 1.54) is 66.8 Å². The zero-order chi connectivity index (χ0) is 37.5. The first-order valence-electron chi connectivity index (χ1n) is 19.7. The average molecular weight is 726 g/mol. The lowest BCUT2D eigenvalue weighted by atomic mass is 9.70. The van der Waals surface area contributed by atoms with Crippen LogP contribution in [0.15, 0.2) is 217 Å². The summed E-state index contributed by atoms with van der Waals surface area (Å²) in [6, 6.07) is 77.4. The molecule has 266 valence electrons. The molecule has 0 radical (unpaired) electrons. The molecule has 1 atom stereocenters. The van der Waals surface area contributed by atoms with Crippen molar-refractivity contribution in [3.05, 3.63) is 235 Å². The highest BCUT2D eigenvalue weighted by atomic mass is 16.3. The fraction of sp³-hybridized carbons (Fsp3) is 0.0182.